The van der Waals surface area contributed by atoms with Crippen molar-refractivity contribution in [3.63, 3.8) is 0 Å². The van der Waals surface area contributed by atoms with E-state index < -0.39 is 19.2 Å². The summed E-state index contributed by atoms with van der Waals surface area (Å²) in [6.45, 7) is 9.11. The van der Waals surface area contributed by atoms with Gasteiger partial charge in [-0.15, -0.1) is 0 Å². The van der Waals surface area contributed by atoms with Crippen molar-refractivity contribution in [2.45, 2.75) is 152 Å². The Hall–Kier alpha value is 0.0587. The fourth-order valence-electron chi connectivity index (χ4n) is 4.12. The maximum absolute atomic E-state index is 12.4. The van der Waals surface area contributed by atoms with E-state index >= 15 is 0 Å². The van der Waals surface area contributed by atoms with E-state index in [1.165, 1.54) is 64.2 Å². The van der Waals surface area contributed by atoms with E-state index in [4.69, 9.17) is 6.15 Å². The van der Waals surface area contributed by atoms with Gasteiger partial charge in [-0.1, -0.05) is 0 Å². The molecule has 0 saturated carbocycles. The first kappa shape index (κ1) is 33.1. The van der Waals surface area contributed by atoms with Crippen LogP contribution >= 0.6 is 0 Å². The summed E-state index contributed by atoms with van der Waals surface area (Å²) in [5.74, 6) is 0.398. The van der Waals surface area contributed by atoms with Crippen molar-refractivity contribution >= 4 is 30.8 Å². The third kappa shape index (κ3) is 20.0. The second-order valence-corrected chi connectivity index (χ2v) is 19.5. The summed E-state index contributed by atoms with van der Waals surface area (Å²) in [5.41, 5.74) is 0. The van der Waals surface area contributed by atoms with E-state index in [1.807, 2.05) is 0 Å². The van der Waals surface area contributed by atoms with Crippen LogP contribution < -0.4 is 0 Å². The number of Topliss-reactive ketones (excluding diaryl/α,β-unsaturated/α-hetero) is 2. The van der Waals surface area contributed by atoms with Gasteiger partial charge in [0.25, 0.3) is 0 Å². The molecule has 5 heteroatoms. The van der Waals surface area contributed by atoms with Crippen molar-refractivity contribution in [2.24, 2.45) is 0 Å². The summed E-state index contributed by atoms with van der Waals surface area (Å²) in [4.78, 5) is 24.8. The van der Waals surface area contributed by atoms with Crippen LogP contribution in [0.5, 0.6) is 0 Å². The number of carbonyl (C=O) groups excluding carboxylic acids is 2. The first-order valence-corrected chi connectivity index (χ1v) is 20.7. The molecule has 4 nitrogen and oxygen atoms in total. The standard InChI is InChI=1S/2C8H17.2C6H11O2.Sn/c2*1-3-5-7-8-6-4-2;2*1-2-3-4-6(8)5-7;/h2*1,3-8H2,2H3;2*2-5H2,1H3;/q;;2*-1;+2. The Morgan fingerprint density at radius 2 is 0.818 bits per heavy atom. The van der Waals surface area contributed by atoms with Crippen molar-refractivity contribution in [1.82, 2.24) is 0 Å². The van der Waals surface area contributed by atoms with Crippen LogP contribution in [-0.4, -0.2) is 44.0 Å². The van der Waals surface area contributed by atoms with Crippen LogP contribution in [0.25, 0.3) is 0 Å². The van der Waals surface area contributed by atoms with E-state index in [0.717, 1.165) is 47.4 Å². The molecule has 0 radical (unpaired) electrons. The van der Waals surface area contributed by atoms with Gasteiger partial charge < -0.3 is 0 Å². The van der Waals surface area contributed by atoms with E-state index in [9.17, 15) is 9.59 Å². The van der Waals surface area contributed by atoms with E-state index in [1.54, 1.807) is 0 Å². The summed E-state index contributed by atoms with van der Waals surface area (Å²) >= 11 is -3.49. The summed E-state index contributed by atoms with van der Waals surface area (Å²) < 4.78 is 14.9. The average Bonchev–Trinajstić information content (AvgIpc) is 2.82. The molecule has 0 saturated heterocycles. The van der Waals surface area contributed by atoms with Gasteiger partial charge in [0.05, 0.1) is 0 Å². The molecule has 0 aromatic heterocycles. The molecule has 0 heterocycles. The molecular weight excluding hydrogens is 519 g/mol. The number of unbranched alkanes of at least 4 members (excludes halogenated alkanes) is 12. The first-order valence-electron chi connectivity index (χ1n) is 14.3. The predicted molar refractivity (Wildman–Crippen MR) is 143 cm³/mol. The second-order valence-electron chi connectivity index (χ2n) is 9.81. The molecule has 0 atom stereocenters. The van der Waals surface area contributed by atoms with E-state index in [0.29, 0.717) is 12.8 Å². The normalized spacial score (nSPS) is 11.8. The topological polar surface area (TPSA) is 52.6 Å². The molecule has 0 bridgehead atoms. The molecule has 0 aliphatic rings. The first-order chi connectivity index (χ1) is 16.0. The van der Waals surface area contributed by atoms with Gasteiger partial charge in [0.2, 0.25) is 0 Å². The van der Waals surface area contributed by atoms with Gasteiger partial charge >= 0.3 is 212 Å². The molecule has 0 rings (SSSR count). The van der Waals surface area contributed by atoms with Crippen LogP contribution in [0.1, 0.15) is 143 Å². The Labute approximate surface area is 211 Å². The van der Waals surface area contributed by atoms with Gasteiger partial charge in [0.1, 0.15) is 0 Å². The maximum atomic E-state index is 12.4. The number of carbonyl (C=O) groups is 2. The van der Waals surface area contributed by atoms with Crippen molar-refractivity contribution in [3.05, 3.63) is 0 Å². The molecule has 196 valence electrons. The van der Waals surface area contributed by atoms with Gasteiger partial charge in [0, 0.05) is 0 Å². The molecule has 0 aliphatic carbocycles. The number of rotatable bonds is 26. The van der Waals surface area contributed by atoms with Gasteiger partial charge in [-0.25, -0.2) is 0 Å². The van der Waals surface area contributed by atoms with Crippen LogP contribution in [0.4, 0.5) is 0 Å². The van der Waals surface area contributed by atoms with Crippen LogP contribution in [0.15, 0.2) is 0 Å². The van der Waals surface area contributed by atoms with Gasteiger partial charge in [-0.3, -0.25) is 0 Å². The molecule has 0 aromatic rings. The van der Waals surface area contributed by atoms with Crippen molar-refractivity contribution in [2.75, 3.05) is 13.2 Å². The quantitative estimate of drug-likeness (QED) is 0.0765. The summed E-state index contributed by atoms with van der Waals surface area (Å²) in [6, 6.07) is 0. The Morgan fingerprint density at radius 3 is 1.18 bits per heavy atom. The van der Waals surface area contributed by atoms with Crippen molar-refractivity contribution in [1.29, 1.82) is 0 Å². The zero-order chi connectivity index (χ0) is 24.6. The van der Waals surface area contributed by atoms with Gasteiger partial charge in [-0.2, -0.15) is 0 Å². The summed E-state index contributed by atoms with van der Waals surface area (Å²) in [6.07, 6.45) is 20.0. The fraction of sp³-hybridized carbons (Fsp3) is 0.929. The molecule has 0 unspecified atom stereocenters. The number of hydrogen-bond acceptors (Lipinski definition) is 4. The third-order valence-corrected chi connectivity index (χ3v) is 16.6. The minimum atomic E-state index is -3.49. The monoisotopic (exact) mass is 576 g/mol. The van der Waals surface area contributed by atoms with Crippen LogP contribution in [0, 0.1) is 0 Å². The molecule has 33 heavy (non-hydrogen) atoms. The third-order valence-electron chi connectivity index (χ3n) is 6.43. The van der Waals surface area contributed by atoms with Crippen molar-refractivity contribution in [3.8, 4) is 0 Å². The molecule has 0 aliphatic heterocycles. The Kier molecular flexibility index (Phi) is 23.8. The molecule has 0 spiro atoms. The molecular formula is C28H56O4Sn. The Bertz CT molecular complexity index is 425. The minimum absolute atomic E-state index is 0.199. The Morgan fingerprint density at radius 1 is 0.485 bits per heavy atom. The number of ketones is 2. The van der Waals surface area contributed by atoms with Crippen LogP contribution in [-0.2, 0) is 15.7 Å². The van der Waals surface area contributed by atoms with Gasteiger partial charge in [0.15, 0.2) is 0 Å². The second kappa shape index (κ2) is 23.8. The Balaban J connectivity index is 5.06. The average molecular weight is 575 g/mol. The molecule has 0 aromatic carbocycles. The SMILES string of the molecule is CCCCCCC[CH2][Sn]([CH2]CCCCCCC)([O]CC(=O)CCCC)[O]CC(=O)CCCC. The van der Waals surface area contributed by atoms with E-state index in [-0.39, 0.29) is 24.8 Å². The summed E-state index contributed by atoms with van der Waals surface area (Å²) in [5, 5.41) is 0. The zero-order valence-electron chi connectivity index (χ0n) is 22.7. The molecule has 0 N–H and O–H groups in total. The molecule has 0 fully saturated rings. The predicted octanol–water partition coefficient (Wildman–Crippen LogP) is 8.70. The van der Waals surface area contributed by atoms with Gasteiger partial charge in [-0.05, 0) is 0 Å². The van der Waals surface area contributed by atoms with Crippen molar-refractivity contribution < 1.29 is 15.7 Å². The molecule has 0 amide bonds. The van der Waals surface area contributed by atoms with Crippen LogP contribution in [0.2, 0.25) is 8.87 Å². The zero-order valence-corrected chi connectivity index (χ0v) is 25.5. The fourth-order valence-corrected chi connectivity index (χ4v) is 13.6. The number of hydrogen-bond donors (Lipinski definition) is 0. The van der Waals surface area contributed by atoms with E-state index in [2.05, 4.69) is 27.7 Å². The van der Waals surface area contributed by atoms with Crippen LogP contribution in [0.3, 0.4) is 0 Å². The summed E-state index contributed by atoms with van der Waals surface area (Å²) in [7, 11) is 0.